The third-order valence-electron chi connectivity index (χ3n) is 4.11. The summed E-state index contributed by atoms with van der Waals surface area (Å²) >= 11 is 0. The highest BCUT2D eigenvalue weighted by Crippen LogP contribution is 2.18. The van der Waals surface area contributed by atoms with Crippen LogP contribution in [0.2, 0.25) is 0 Å². The third kappa shape index (κ3) is 4.98. The minimum Gasteiger partial charge on any atom is -0.497 e. The maximum atomic E-state index is 13.1. The summed E-state index contributed by atoms with van der Waals surface area (Å²) < 4.78 is 25.1. The number of carbonyl (C=O) groups is 1. The Morgan fingerprint density at radius 1 is 1.17 bits per heavy atom. The summed E-state index contributed by atoms with van der Waals surface area (Å²) in [6, 6.07) is 14.9. The topological polar surface area (TPSA) is 82.5 Å². The molecule has 0 aliphatic carbocycles. The van der Waals surface area contributed by atoms with Crippen LogP contribution in [-0.2, 0) is 4.79 Å². The van der Waals surface area contributed by atoms with Crippen molar-refractivity contribution in [2.75, 3.05) is 12.4 Å². The summed E-state index contributed by atoms with van der Waals surface area (Å²) in [5.74, 6) is -0.0667. The van der Waals surface area contributed by atoms with Gasteiger partial charge >= 0.3 is 0 Å². The molecule has 1 atom stereocenters. The standard InChI is InChI=1S/C21H20FN3O4/c1-3-18(21(27)23-15-5-4-6-17(13-15)28-2)29-19-11-12-20(26)25(24-19)16-9-7-14(22)8-10-16/h4-13,18H,3H2,1-2H3,(H,23,27)/t18-/m0/s1. The second-order valence-corrected chi connectivity index (χ2v) is 6.13. The van der Waals surface area contributed by atoms with Crippen molar-refractivity contribution in [3.8, 4) is 17.3 Å². The zero-order chi connectivity index (χ0) is 20.8. The molecule has 1 amide bonds. The first-order valence-corrected chi connectivity index (χ1v) is 8.98. The van der Waals surface area contributed by atoms with Crippen LogP contribution in [0.5, 0.6) is 11.6 Å². The van der Waals surface area contributed by atoms with E-state index in [1.807, 2.05) is 0 Å². The van der Waals surface area contributed by atoms with Crippen molar-refractivity contribution in [1.29, 1.82) is 0 Å². The molecule has 3 rings (SSSR count). The number of rotatable bonds is 7. The van der Waals surface area contributed by atoms with E-state index < -0.39 is 17.5 Å². The van der Waals surface area contributed by atoms with Crippen molar-refractivity contribution in [3.05, 3.63) is 76.8 Å². The van der Waals surface area contributed by atoms with E-state index in [4.69, 9.17) is 9.47 Å². The summed E-state index contributed by atoms with van der Waals surface area (Å²) in [5, 5.41) is 6.91. The highest BCUT2D eigenvalue weighted by molar-refractivity contribution is 5.94. The van der Waals surface area contributed by atoms with Crippen LogP contribution in [0.15, 0.2) is 65.5 Å². The molecule has 8 heteroatoms. The molecule has 0 aliphatic rings. The van der Waals surface area contributed by atoms with E-state index in [2.05, 4.69) is 10.4 Å². The highest BCUT2D eigenvalue weighted by Gasteiger charge is 2.20. The van der Waals surface area contributed by atoms with E-state index in [0.29, 0.717) is 23.5 Å². The van der Waals surface area contributed by atoms with Crippen LogP contribution in [0.1, 0.15) is 13.3 Å². The zero-order valence-corrected chi connectivity index (χ0v) is 16.0. The lowest BCUT2D eigenvalue weighted by Gasteiger charge is -2.17. The summed E-state index contributed by atoms with van der Waals surface area (Å²) in [6.07, 6.45) is -0.444. The van der Waals surface area contributed by atoms with E-state index in [9.17, 15) is 14.0 Å². The quantitative estimate of drug-likeness (QED) is 0.662. The summed E-state index contributed by atoms with van der Waals surface area (Å²) in [7, 11) is 1.54. The van der Waals surface area contributed by atoms with E-state index in [1.165, 1.54) is 36.4 Å². The van der Waals surface area contributed by atoms with E-state index in [0.717, 1.165) is 4.68 Å². The first kappa shape index (κ1) is 20.1. The number of nitrogens with one attached hydrogen (secondary N) is 1. The molecule has 0 aliphatic heterocycles. The summed E-state index contributed by atoms with van der Waals surface area (Å²) in [4.78, 5) is 24.7. The fourth-order valence-corrected chi connectivity index (χ4v) is 2.62. The first-order valence-electron chi connectivity index (χ1n) is 8.98. The molecule has 0 saturated heterocycles. The molecular weight excluding hydrogens is 377 g/mol. The Balaban J connectivity index is 1.78. The number of carbonyl (C=O) groups excluding carboxylic acids is 1. The number of halogens is 1. The highest BCUT2D eigenvalue weighted by atomic mass is 19.1. The molecule has 1 aromatic heterocycles. The second-order valence-electron chi connectivity index (χ2n) is 6.13. The summed E-state index contributed by atoms with van der Waals surface area (Å²) in [6.45, 7) is 1.80. The average Bonchev–Trinajstić information content (AvgIpc) is 2.73. The maximum Gasteiger partial charge on any atom is 0.271 e. The van der Waals surface area contributed by atoms with Gasteiger partial charge in [-0.1, -0.05) is 13.0 Å². The van der Waals surface area contributed by atoms with Crippen molar-refractivity contribution in [1.82, 2.24) is 9.78 Å². The smallest absolute Gasteiger partial charge is 0.271 e. The number of amides is 1. The van der Waals surface area contributed by atoms with Gasteiger partial charge in [-0.25, -0.2) is 4.39 Å². The Morgan fingerprint density at radius 3 is 2.62 bits per heavy atom. The summed E-state index contributed by atoms with van der Waals surface area (Å²) in [5.41, 5.74) is 0.550. The Morgan fingerprint density at radius 2 is 1.93 bits per heavy atom. The number of methoxy groups -OCH3 is 1. The molecule has 0 unspecified atom stereocenters. The van der Waals surface area contributed by atoms with Gasteiger partial charge in [0.15, 0.2) is 6.10 Å². The lowest BCUT2D eigenvalue weighted by atomic mass is 10.2. The molecule has 1 heterocycles. The molecule has 0 saturated carbocycles. The Kier molecular flexibility index (Phi) is 6.23. The first-order chi connectivity index (χ1) is 14.0. The number of hydrogen-bond donors (Lipinski definition) is 1. The number of anilines is 1. The van der Waals surface area contributed by atoms with Crippen molar-refractivity contribution >= 4 is 11.6 Å². The number of nitrogens with zero attached hydrogens (tertiary/aromatic N) is 2. The minimum atomic E-state index is -0.826. The SMILES string of the molecule is CC[C@H](Oc1ccc(=O)n(-c2ccc(F)cc2)n1)C(=O)Nc1cccc(OC)c1. The average molecular weight is 397 g/mol. The Bertz CT molecular complexity index is 1050. The van der Waals surface area contributed by atoms with Crippen LogP contribution in [0, 0.1) is 5.82 Å². The lowest BCUT2D eigenvalue weighted by Crippen LogP contribution is -2.33. The molecule has 2 aromatic carbocycles. The molecule has 0 fully saturated rings. The third-order valence-corrected chi connectivity index (χ3v) is 4.11. The van der Waals surface area contributed by atoms with Gasteiger partial charge in [0, 0.05) is 23.9 Å². The zero-order valence-electron chi connectivity index (χ0n) is 16.0. The molecule has 3 aromatic rings. The second kappa shape index (κ2) is 9.01. The molecule has 29 heavy (non-hydrogen) atoms. The van der Waals surface area contributed by atoms with Crippen LogP contribution in [0.3, 0.4) is 0 Å². The minimum absolute atomic E-state index is 0.0987. The van der Waals surface area contributed by atoms with Gasteiger partial charge in [0.2, 0.25) is 5.88 Å². The van der Waals surface area contributed by atoms with Gasteiger partial charge in [0.05, 0.1) is 12.8 Å². The molecular formula is C21H20FN3O4. The maximum absolute atomic E-state index is 13.1. The largest absolute Gasteiger partial charge is 0.497 e. The van der Waals surface area contributed by atoms with Gasteiger partial charge in [0.1, 0.15) is 11.6 Å². The van der Waals surface area contributed by atoms with Crippen molar-refractivity contribution in [3.63, 3.8) is 0 Å². The van der Waals surface area contributed by atoms with Crippen LogP contribution in [0.4, 0.5) is 10.1 Å². The molecule has 0 bridgehead atoms. The Hall–Kier alpha value is -3.68. The van der Waals surface area contributed by atoms with Crippen molar-refractivity contribution in [2.45, 2.75) is 19.4 Å². The number of benzene rings is 2. The number of aromatic nitrogens is 2. The lowest BCUT2D eigenvalue weighted by molar-refractivity contribution is -0.123. The molecule has 7 nitrogen and oxygen atoms in total. The van der Waals surface area contributed by atoms with Gasteiger partial charge in [-0.15, -0.1) is 5.10 Å². The van der Waals surface area contributed by atoms with Crippen LogP contribution < -0.4 is 20.3 Å². The van der Waals surface area contributed by atoms with E-state index >= 15 is 0 Å². The molecule has 0 radical (unpaired) electrons. The van der Waals surface area contributed by atoms with E-state index in [-0.39, 0.29) is 11.8 Å². The van der Waals surface area contributed by atoms with Gasteiger partial charge in [0.25, 0.3) is 11.5 Å². The monoisotopic (exact) mass is 397 g/mol. The number of hydrogen-bond acceptors (Lipinski definition) is 5. The van der Waals surface area contributed by atoms with Gasteiger partial charge < -0.3 is 14.8 Å². The Labute approximate surface area is 166 Å². The van der Waals surface area contributed by atoms with Gasteiger partial charge in [-0.3, -0.25) is 9.59 Å². The van der Waals surface area contributed by atoms with Crippen LogP contribution in [-0.4, -0.2) is 28.9 Å². The normalized spacial score (nSPS) is 11.6. The van der Waals surface area contributed by atoms with Gasteiger partial charge in [-0.05, 0) is 42.8 Å². The van der Waals surface area contributed by atoms with Crippen molar-refractivity contribution in [2.24, 2.45) is 0 Å². The van der Waals surface area contributed by atoms with E-state index in [1.54, 1.807) is 38.3 Å². The molecule has 0 spiro atoms. The predicted molar refractivity (Wildman–Crippen MR) is 106 cm³/mol. The molecule has 1 N–H and O–H groups in total. The van der Waals surface area contributed by atoms with Crippen molar-refractivity contribution < 1.29 is 18.7 Å². The van der Waals surface area contributed by atoms with Crippen LogP contribution >= 0.6 is 0 Å². The fraction of sp³-hybridized carbons (Fsp3) is 0.190. The molecule has 150 valence electrons. The number of ether oxygens (including phenoxy) is 2. The predicted octanol–water partition coefficient (Wildman–Crippen LogP) is 3.18. The van der Waals surface area contributed by atoms with Crippen LogP contribution in [0.25, 0.3) is 5.69 Å². The van der Waals surface area contributed by atoms with Gasteiger partial charge in [-0.2, -0.15) is 4.68 Å². The fourth-order valence-electron chi connectivity index (χ4n) is 2.62.